The number of fused-ring (bicyclic) bond motifs is 1. The van der Waals surface area contributed by atoms with E-state index in [1.165, 1.54) is 0 Å². The van der Waals surface area contributed by atoms with E-state index >= 15 is 0 Å². The van der Waals surface area contributed by atoms with Crippen molar-refractivity contribution in [1.82, 2.24) is 10.3 Å². The summed E-state index contributed by atoms with van der Waals surface area (Å²) in [6, 6.07) is 17.2. The summed E-state index contributed by atoms with van der Waals surface area (Å²) in [5.74, 6) is -0.869. The molecule has 0 atom stereocenters. The standard InChI is InChI=1S/C20H18ClN3O3/c1-24(12-19(25)22-11-20(26)27)18-10-15(13-5-3-2-4-6-13)16-9-14(21)7-8-17(16)23-18/h2-10H,11-12H2,1H3,(H,22,25)(H,26,27). The predicted molar refractivity (Wildman–Crippen MR) is 106 cm³/mol. The quantitative estimate of drug-likeness (QED) is 0.683. The molecule has 3 aromatic rings. The predicted octanol–water partition coefficient (Wildman–Crippen LogP) is 3.19. The van der Waals surface area contributed by atoms with Crippen LogP contribution in [-0.2, 0) is 9.59 Å². The Kier molecular flexibility index (Phi) is 5.57. The first-order valence-corrected chi connectivity index (χ1v) is 8.67. The molecule has 1 aromatic heterocycles. The van der Waals surface area contributed by atoms with Gasteiger partial charge in [0.25, 0.3) is 0 Å². The molecular weight excluding hydrogens is 366 g/mol. The number of anilines is 1. The summed E-state index contributed by atoms with van der Waals surface area (Å²) in [5.41, 5.74) is 2.72. The van der Waals surface area contributed by atoms with Gasteiger partial charge in [-0.15, -0.1) is 0 Å². The van der Waals surface area contributed by atoms with Crippen LogP contribution in [0.1, 0.15) is 0 Å². The minimum Gasteiger partial charge on any atom is -0.480 e. The zero-order chi connectivity index (χ0) is 19.4. The van der Waals surface area contributed by atoms with E-state index in [1.54, 1.807) is 18.0 Å². The molecule has 1 amide bonds. The molecule has 0 aliphatic rings. The van der Waals surface area contributed by atoms with Gasteiger partial charge in [0.15, 0.2) is 0 Å². The van der Waals surface area contributed by atoms with Crippen LogP contribution in [0, 0.1) is 0 Å². The smallest absolute Gasteiger partial charge is 0.322 e. The number of aromatic nitrogens is 1. The molecule has 0 bridgehead atoms. The van der Waals surface area contributed by atoms with Crippen LogP contribution < -0.4 is 10.2 Å². The lowest BCUT2D eigenvalue weighted by atomic mass is 10.0. The molecule has 0 aliphatic heterocycles. The number of hydrogen-bond donors (Lipinski definition) is 2. The molecule has 0 aliphatic carbocycles. The lowest BCUT2D eigenvalue weighted by Crippen LogP contribution is -2.38. The van der Waals surface area contributed by atoms with Crippen LogP contribution in [0.2, 0.25) is 5.02 Å². The maximum absolute atomic E-state index is 11.9. The molecule has 0 radical (unpaired) electrons. The van der Waals surface area contributed by atoms with Crippen molar-refractivity contribution in [3.05, 3.63) is 59.6 Å². The highest BCUT2D eigenvalue weighted by Crippen LogP contribution is 2.32. The number of nitrogens with zero attached hydrogens (tertiary/aromatic N) is 2. The molecule has 1 heterocycles. The monoisotopic (exact) mass is 383 g/mol. The van der Waals surface area contributed by atoms with Gasteiger partial charge in [0.2, 0.25) is 5.91 Å². The van der Waals surface area contributed by atoms with Crippen molar-refractivity contribution < 1.29 is 14.7 Å². The topological polar surface area (TPSA) is 82.5 Å². The van der Waals surface area contributed by atoms with Gasteiger partial charge in [0.1, 0.15) is 12.4 Å². The zero-order valence-electron chi connectivity index (χ0n) is 14.6. The number of amides is 1. The van der Waals surface area contributed by atoms with Crippen molar-refractivity contribution in [3.8, 4) is 11.1 Å². The SMILES string of the molecule is CN(CC(=O)NCC(=O)O)c1cc(-c2ccccc2)c2cc(Cl)ccc2n1. The summed E-state index contributed by atoms with van der Waals surface area (Å²) in [6.45, 7) is -0.417. The molecule has 6 nitrogen and oxygen atoms in total. The van der Waals surface area contributed by atoms with E-state index in [9.17, 15) is 9.59 Å². The summed E-state index contributed by atoms with van der Waals surface area (Å²) >= 11 is 6.17. The molecule has 2 N–H and O–H groups in total. The number of halogens is 1. The normalized spacial score (nSPS) is 10.6. The Bertz CT molecular complexity index is 992. The number of likely N-dealkylation sites (N-methyl/N-ethyl adjacent to an activating group) is 1. The number of hydrogen-bond acceptors (Lipinski definition) is 4. The van der Waals surface area contributed by atoms with Crippen LogP contribution in [0.3, 0.4) is 0 Å². The van der Waals surface area contributed by atoms with Gasteiger partial charge < -0.3 is 15.3 Å². The van der Waals surface area contributed by atoms with Gasteiger partial charge in [0.05, 0.1) is 12.1 Å². The van der Waals surface area contributed by atoms with E-state index in [4.69, 9.17) is 16.7 Å². The first-order chi connectivity index (χ1) is 12.9. The van der Waals surface area contributed by atoms with Crippen molar-refractivity contribution in [3.63, 3.8) is 0 Å². The maximum atomic E-state index is 11.9. The molecule has 0 fully saturated rings. The number of carbonyl (C=O) groups is 2. The second kappa shape index (κ2) is 8.05. The minimum absolute atomic E-state index is 0.00634. The Hall–Kier alpha value is -3.12. The third-order valence-electron chi connectivity index (χ3n) is 4.05. The Morgan fingerprint density at radius 3 is 2.59 bits per heavy atom. The van der Waals surface area contributed by atoms with Gasteiger partial charge in [0, 0.05) is 17.5 Å². The average molecular weight is 384 g/mol. The van der Waals surface area contributed by atoms with Gasteiger partial charge >= 0.3 is 5.97 Å². The fraction of sp³-hybridized carbons (Fsp3) is 0.150. The van der Waals surface area contributed by atoms with E-state index in [1.807, 2.05) is 48.5 Å². The number of carboxylic acid groups (broad SMARTS) is 1. The molecule has 0 spiro atoms. The molecule has 27 heavy (non-hydrogen) atoms. The molecule has 0 saturated heterocycles. The van der Waals surface area contributed by atoms with Crippen LogP contribution in [0.4, 0.5) is 5.82 Å². The second-order valence-electron chi connectivity index (χ2n) is 6.08. The molecule has 7 heteroatoms. The average Bonchev–Trinajstić information content (AvgIpc) is 2.66. The minimum atomic E-state index is -1.09. The number of aliphatic carboxylic acids is 1. The first-order valence-electron chi connectivity index (χ1n) is 8.29. The number of pyridine rings is 1. The fourth-order valence-electron chi connectivity index (χ4n) is 2.76. The Morgan fingerprint density at radius 2 is 1.89 bits per heavy atom. The molecule has 2 aromatic carbocycles. The Labute approximate surface area is 161 Å². The van der Waals surface area contributed by atoms with Gasteiger partial charge in [-0.1, -0.05) is 41.9 Å². The number of nitrogens with one attached hydrogen (secondary N) is 1. The summed E-state index contributed by atoms with van der Waals surface area (Å²) in [7, 11) is 1.74. The van der Waals surface area contributed by atoms with Crippen LogP contribution in [-0.4, -0.2) is 42.1 Å². The van der Waals surface area contributed by atoms with Crippen LogP contribution in [0.25, 0.3) is 22.0 Å². The number of carbonyl (C=O) groups excluding carboxylic acids is 1. The molecule has 3 rings (SSSR count). The highest BCUT2D eigenvalue weighted by molar-refractivity contribution is 6.31. The molecule has 138 valence electrons. The van der Waals surface area contributed by atoms with Crippen LogP contribution >= 0.6 is 11.6 Å². The van der Waals surface area contributed by atoms with E-state index in [0.29, 0.717) is 10.8 Å². The molecule has 0 saturated carbocycles. The van der Waals surface area contributed by atoms with E-state index in [-0.39, 0.29) is 12.5 Å². The lowest BCUT2D eigenvalue weighted by molar-refractivity contribution is -0.137. The second-order valence-corrected chi connectivity index (χ2v) is 6.52. The van der Waals surface area contributed by atoms with Crippen molar-refractivity contribution in [1.29, 1.82) is 0 Å². The number of rotatable bonds is 6. The highest BCUT2D eigenvalue weighted by Gasteiger charge is 2.14. The zero-order valence-corrected chi connectivity index (χ0v) is 15.4. The third-order valence-corrected chi connectivity index (χ3v) is 4.29. The molecular formula is C20H18ClN3O3. The van der Waals surface area contributed by atoms with Crippen LogP contribution in [0.15, 0.2) is 54.6 Å². The highest BCUT2D eigenvalue weighted by atomic mass is 35.5. The number of benzene rings is 2. The largest absolute Gasteiger partial charge is 0.480 e. The van der Waals surface area contributed by atoms with Gasteiger partial charge in [-0.3, -0.25) is 9.59 Å². The Balaban J connectivity index is 1.98. The summed E-state index contributed by atoms with van der Waals surface area (Å²) < 4.78 is 0. The first kappa shape index (κ1) is 18.7. The van der Waals surface area contributed by atoms with E-state index in [0.717, 1.165) is 22.0 Å². The molecule has 0 unspecified atom stereocenters. The third kappa shape index (κ3) is 4.54. The Morgan fingerprint density at radius 1 is 1.15 bits per heavy atom. The summed E-state index contributed by atoms with van der Waals surface area (Å²) in [5, 5.41) is 12.6. The maximum Gasteiger partial charge on any atom is 0.322 e. The van der Waals surface area contributed by atoms with Gasteiger partial charge in [-0.05, 0) is 35.4 Å². The van der Waals surface area contributed by atoms with Crippen molar-refractivity contribution in [2.24, 2.45) is 0 Å². The fourth-order valence-corrected chi connectivity index (χ4v) is 2.93. The van der Waals surface area contributed by atoms with Crippen molar-refractivity contribution >= 4 is 40.2 Å². The van der Waals surface area contributed by atoms with Gasteiger partial charge in [-0.25, -0.2) is 4.98 Å². The van der Waals surface area contributed by atoms with Crippen molar-refractivity contribution in [2.75, 3.05) is 25.0 Å². The lowest BCUT2D eigenvalue weighted by Gasteiger charge is -2.20. The van der Waals surface area contributed by atoms with Crippen LogP contribution in [0.5, 0.6) is 0 Å². The van der Waals surface area contributed by atoms with E-state index in [2.05, 4.69) is 10.3 Å². The van der Waals surface area contributed by atoms with E-state index < -0.39 is 12.5 Å². The number of carboxylic acids is 1. The van der Waals surface area contributed by atoms with Gasteiger partial charge in [-0.2, -0.15) is 0 Å². The summed E-state index contributed by atoms with van der Waals surface area (Å²) in [6.07, 6.45) is 0. The van der Waals surface area contributed by atoms with Crippen molar-refractivity contribution in [2.45, 2.75) is 0 Å². The summed E-state index contributed by atoms with van der Waals surface area (Å²) in [4.78, 5) is 28.8.